The van der Waals surface area contributed by atoms with Crippen LogP contribution >= 0.6 is 0 Å². The molecule has 1 amide bonds. The number of ether oxygens (including phenoxy) is 1. The third-order valence-electron chi connectivity index (χ3n) is 2.33. The Morgan fingerprint density at radius 3 is 2.50 bits per heavy atom. The minimum atomic E-state index is -1.96. The Labute approximate surface area is 104 Å². The van der Waals surface area contributed by atoms with Crippen molar-refractivity contribution in [3.05, 3.63) is 35.9 Å². The van der Waals surface area contributed by atoms with Crippen molar-refractivity contribution in [2.75, 3.05) is 6.67 Å². The molecule has 1 aromatic rings. The summed E-state index contributed by atoms with van der Waals surface area (Å²) >= 11 is 0. The van der Waals surface area contributed by atoms with Crippen molar-refractivity contribution in [2.45, 2.75) is 19.1 Å². The first-order valence-electron chi connectivity index (χ1n) is 5.26. The molecule has 0 spiro atoms. The van der Waals surface area contributed by atoms with Gasteiger partial charge in [-0.3, -0.25) is 0 Å². The van der Waals surface area contributed by atoms with Crippen molar-refractivity contribution < 1.29 is 23.8 Å². The van der Waals surface area contributed by atoms with Gasteiger partial charge in [-0.05, 0) is 12.5 Å². The Balaban J connectivity index is 2.49. The van der Waals surface area contributed by atoms with E-state index in [0.29, 0.717) is 0 Å². The van der Waals surface area contributed by atoms with E-state index in [2.05, 4.69) is 0 Å². The molecule has 0 unspecified atom stereocenters. The van der Waals surface area contributed by atoms with Crippen LogP contribution in [0.5, 0.6) is 0 Å². The number of hydrogen-bond donors (Lipinski definition) is 2. The molecule has 0 saturated carbocycles. The zero-order chi connectivity index (χ0) is 13.6. The average molecular weight is 255 g/mol. The molecule has 0 aliphatic rings. The third-order valence-corrected chi connectivity index (χ3v) is 2.33. The summed E-state index contributed by atoms with van der Waals surface area (Å²) in [6.45, 7) is -0.156. The van der Waals surface area contributed by atoms with E-state index >= 15 is 0 Å². The van der Waals surface area contributed by atoms with Crippen LogP contribution in [0.3, 0.4) is 0 Å². The summed E-state index contributed by atoms with van der Waals surface area (Å²) in [7, 11) is 0. The number of carboxylic acid groups (broad SMARTS) is 1. The average Bonchev–Trinajstić information content (AvgIpc) is 2.37. The molecule has 0 heterocycles. The molecule has 18 heavy (non-hydrogen) atoms. The van der Waals surface area contributed by atoms with Crippen LogP contribution in [0, 0.1) is 0 Å². The number of hydrogen-bond acceptors (Lipinski definition) is 3. The smallest absolute Gasteiger partial charge is 0.408 e. The molecule has 0 aliphatic carbocycles. The molecule has 5 nitrogen and oxygen atoms in total. The van der Waals surface area contributed by atoms with Crippen molar-refractivity contribution in [2.24, 2.45) is 0 Å². The van der Waals surface area contributed by atoms with E-state index in [9.17, 15) is 14.0 Å². The largest absolute Gasteiger partial charge is 0.479 e. The molecule has 0 radical (unpaired) electrons. The maximum absolute atomic E-state index is 12.6. The molecule has 0 saturated heterocycles. The number of carboxylic acids is 1. The highest BCUT2D eigenvalue weighted by molar-refractivity contribution is 5.84. The van der Waals surface area contributed by atoms with E-state index in [0.717, 1.165) is 12.5 Å². The minimum absolute atomic E-state index is 0.00530. The van der Waals surface area contributed by atoms with E-state index in [1.165, 1.54) is 0 Å². The Bertz CT molecular complexity index is 423. The summed E-state index contributed by atoms with van der Waals surface area (Å²) in [6.07, 6.45) is -0.971. The molecule has 0 aromatic heterocycles. The van der Waals surface area contributed by atoms with Gasteiger partial charge in [-0.15, -0.1) is 0 Å². The lowest BCUT2D eigenvalue weighted by molar-refractivity contribution is -0.144. The minimum Gasteiger partial charge on any atom is -0.479 e. The predicted molar refractivity (Wildman–Crippen MR) is 61.8 cm³/mol. The van der Waals surface area contributed by atoms with Gasteiger partial charge in [-0.1, -0.05) is 30.3 Å². The highest BCUT2D eigenvalue weighted by Crippen LogP contribution is 2.06. The standard InChI is InChI=1S/C12H14FNO4/c1-12(8-13,10(15)16)14-11(17)18-7-9-5-3-2-4-6-9/h2-6H,7-8H2,1H3,(H,14,17)(H,15,16)/t12-/m1/s1. The van der Waals surface area contributed by atoms with Gasteiger partial charge in [0.2, 0.25) is 0 Å². The summed E-state index contributed by atoms with van der Waals surface area (Å²) < 4.78 is 17.4. The number of benzene rings is 1. The summed E-state index contributed by atoms with van der Waals surface area (Å²) in [4.78, 5) is 22.1. The lowest BCUT2D eigenvalue weighted by atomic mass is 10.1. The molecule has 0 bridgehead atoms. The molecule has 0 fully saturated rings. The van der Waals surface area contributed by atoms with Gasteiger partial charge in [0.25, 0.3) is 0 Å². The van der Waals surface area contributed by atoms with Gasteiger partial charge in [-0.2, -0.15) is 0 Å². The molecule has 1 aromatic carbocycles. The third kappa shape index (κ3) is 3.73. The highest BCUT2D eigenvalue weighted by Gasteiger charge is 2.35. The number of alkyl halides is 1. The highest BCUT2D eigenvalue weighted by atomic mass is 19.1. The lowest BCUT2D eigenvalue weighted by Gasteiger charge is -2.22. The fourth-order valence-corrected chi connectivity index (χ4v) is 1.13. The summed E-state index contributed by atoms with van der Waals surface area (Å²) in [5, 5.41) is 10.7. The number of alkyl carbamates (subject to hydrolysis) is 1. The van der Waals surface area contributed by atoms with Crippen molar-refractivity contribution in [1.29, 1.82) is 0 Å². The Morgan fingerprint density at radius 2 is 2.00 bits per heavy atom. The van der Waals surface area contributed by atoms with Crippen LogP contribution in [0.25, 0.3) is 0 Å². The second-order valence-corrected chi connectivity index (χ2v) is 3.96. The first kappa shape index (κ1) is 14.0. The van der Waals surface area contributed by atoms with Gasteiger partial charge >= 0.3 is 12.1 Å². The molecule has 98 valence electrons. The molecule has 6 heteroatoms. The summed E-state index contributed by atoms with van der Waals surface area (Å²) in [6, 6.07) is 8.87. The first-order chi connectivity index (χ1) is 8.48. The predicted octanol–water partition coefficient (Wildman–Crippen LogP) is 1.73. The number of carbonyl (C=O) groups is 2. The molecule has 0 aliphatic heterocycles. The van der Waals surface area contributed by atoms with Crippen molar-refractivity contribution in [3.8, 4) is 0 Å². The molecular formula is C12H14FNO4. The van der Waals surface area contributed by atoms with Crippen molar-refractivity contribution in [3.63, 3.8) is 0 Å². The summed E-state index contributed by atoms with van der Waals surface area (Å²) in [5.41, 5.74) is -1.21. The van der Waals surface area contributed by atoms with E-state index < -0.39 is 24.3 Å². The van der Waals surface area contributed by atoms with E-state index in [1.54, 1.807) is 24.3 Å². The fraction of sp³-hybridized carbons (Fsp3) is 0.333. The zero-order valence-electron chi connectivity index (χ0n) is 9.85. The molecular weight excluding hydrogens is 241 g/mol. The van der Waals surface area contributed by atoms with Crippen LogP contribution in [-0.2, 0) is 16.1 Å². The Kier molecular flexibility index (Phi) is 4.65. The van der Waals surface area contributed by atoms with E-state index in [-0.39, 0.29) is 6.61 Å². The van der Waals surface area contributed by atoms with Gasteiger partial charge in [0, 0.05) is 0 Å². The first-order valence-corrected chi connectivity index (χ1v) is 5.26. The van der Waals surface area contributed by atoms with Gasteiger partial charge in [-0.25, -0.2) is 14.0 Å². The van der Waals surface area contributed by atoms with Gasteiger partial charge in [0.05, 0.1) is 0 Å². The van der Waals surface area contributed by atoms with E-state index in [4.69, 9.17) is 9.84 Å². The lowest BCUT2D eigenvalue weighted by Crippen LogP contribution is -2.54. The van der Waals surface area contributed by atoms with Crippen LogP contribution < -0.4 is 5.32 Å². The number of rotatable bonds is 5. The quantitative estimate of drug-likeness (QED) is 0.840. The van der Waals surface area contributed by atoms with Gasteiger partial charge in [0.1, 0.15) is 13.3 Å². The fourth-order valence-electron chi connectivity index (χ4n) is 1.13. The Hall–Kier alpha value is -2.11. The van der Waals surface area contributed by atoms with Crippen LogP contribution in [0.4, 0.5) is 9.18 Å². The molecule has 2 N–H and O–H groups in total. The number of aliphatic carboxylic acids is 1. The topological polar surface area (TPSA) is 75.6 Å². The van der Waals surface area contributed by atoms with E-state index in [1.807, 2.05) is 11.4 Å². The van der Waals surface area contributed by atoms with Crippen LogP contribution in [0.1, 0.15) is 12.5 Å². The maximum Gasteiger partial charge on any atom is 0.408 e. The van der Waals surface area contributed by atoms with Crippen LogP contribution in [0.15, 0.2) is 30.3 Å². The van der Waals surface area contributed by atoms with Gasteiger partial charge in [0.15, 0.2) is 5.54 Å². The van der Waals surface area contributed by atoms with Crippen LogP contribution in [-0.4, -0.2) is 29.4 Å². The second-order valence-electron chi connectivity index (χ2n) is 3.96. The van der Waals surface area contributed by atoms with Crippen molar-refractivity contribution in [1.82, 2.24) is 5.32 Å². The summed E-state index contributed by atoms with van der Waals surface area (Å²) in [5.74, 6) is -1.46. The molecule has 1 atom stereocenters. The van der Waals surface area contributed by atoms with Crippen molar-refractivity contribution >= 4 is 12.1 Å². The Morgan fingerprint density at radius 1 is 1.39 bits per heavy atom. The maximum atomic E-state index is 12.6. The van der Waals surface area contributed by atoms with Gasteiger partial charge < -0.3 is 15.2 Å². The number of nitrogens with one attached hydrogen (secondary N) is 1. The second kappa shape index (κ2) is 6.00. The SMILES string of the molecule is C[C@](CF)(NC(=O)OCc1ccccc1)C(=O)O. The molecule has 1 rings (SSSR count). The monoisotopic (exact) mass is 255 g/mol. The van der Waals surface area contributed by atoms with Crippen LogP contribution in [0.2, 0.25) is 0 Å². The number of halogens is 1. The normalized spacial score (nSPS) is 13.4. The zero-order valence-corrected chi connectivity index (χ0v) is 9.85. The number of carbonyl (C=O) groups excluding carboxylic acids is 1. The number of amides is 1.